The summed E-state index contributed by atoms with van der Waals surface area (Å²) in [5.41, 5.74) is 11.9. The van der Waals surface area contributed by atoms with Gasteiger partial charge in [-0.25, -0.2) is 4.39 Å². The Morgan fingerprint density at radius 2 is 1.95 bits per heavy atom. The molecule has 2 heterocycles. The molecule has 3 unspecified atom stereocenters. The van der Waals surface area contributed by atoms with Crippen LogP contribution < -0.4 is 0 Å². The first-order valence-corrected chi connectivity index (χ1v) is 16.1. The molecule has 0 radical (unpaired) electrons. The highest BCUT2D eigenvalue weighted by molar-refractivity contribution is 6.01. The van der Waals surface area contributed by atoms with Crippen molar-refractivity contribution in [2.24, 2.45) is 16.3 Å². The average molecular weight is 580 g/mol. The predicted molar refractivity (Wildman–Crippen MR) is 182 cm³/mol. The lowest BCUT2D eigenvalue weighted by molar-refractivity contribution is 0.241. The zero-order valence-electron chi connectivity index (χ0n) is 27.4. The van der Waals surface area contributed by atoms with Crippen LogP contribution in [0.25, 0.3) is 11.3 Å². The number of aryl methyl sites for hydroxylation is 2. The average Bonchev–Trinajstić information content (AvgIpc) is 3.39. The van der Waals surface area contributed by atoms with Crippen molar-refractivity contribution in [3.63, 3.8) is 0 Å². The number of fused-ring (bicyclic) bond motifs is 1. The Morgan fingerprint density at radius 1 is 1.16 bits per heavy atom. The van der Waals surface area contributed by atoms with Gasteiger partial charge in [0, 0.05) is 41.2 Å². The summed E-state index contributed by atoms with van der Waals surface area (Å²) in [6, 6.07) is 11.1. The molecule has 1 aromatic carbocycles. The van der Waals surface area contributed by atoms with Gasteiger partial charge in [-0.2, -0.15) is 0 Å². The molecule has 3 atom stereocenters. The lowest BCUT2D eigenvalue weighted by Crippen LogP contribution is -2.41. The van der Waals surface area contributed by atoms with E-state index >= 15 is 0 Å². The zero-order chi connectivity index (χ0) is 31.1. The molecular formula is C39H50FN3. The van der Waals surface area contributed by atoms with Crippen LogP contribution in [0.15, 0.2) is 101 Å². The molecule has 4 heteroatoms. The molecule has 228 valence electrons. The van der Waals surface area contributed by atoms with Crippen molar-refractivity contribution in [2.75, 3.05) is 6.54 Å². The highest BCUT2D eigenvalue weighted by atomic mass is 19.1. The highest BCUT2D eigenvalue weighted by Crippen LogP contribution is 2.51. The predicted octanol–water partition coefficient (Wildman–Crippen LogP) is 10.5. The number of aliphatic imine (C=N–C) groups is 1. The number of rotatable bonds is 12. The lowest BCUT2D eigenvalue weighted by atomic mass is 9.81. The molecule has 0 amide bonds. The Labute approximate surface area is 259 Å². The molecule has 3 nitrogen and oxygen atoms in total. The largest absolute Gasteiger partial charge is 0.366 e. The van der Waals surface area contributed by atoms with E-state index in [2.05, 4.69) is 96.4 Å². The summed E-state index contributed by atoms with van der Waals surface area (Å²) in [7, 11) is 0. The van der Waals surface area contributed by atoms with Crippen LogP contribution in [0.5, 0.6) is 0 Å². The highest BCUT2D eigenvalue weighted by Gasteiger charge is 2.43. The van der Waals surface area contributed by atoms with Gasteiger partial charge in [0.2, 0.25) is 0 Å². The third-order valence-corrected chi connectivity index (χ3v) is 9.58. The van der Waals surface area contributed by atoms with Crippen LogP contribution in [0.4, 0.5) is 4.39 Å². The number of hydrogen-bond donors (Lipinski definition) is 0. The molecule has 1 aliphatic heterocycles. The molecule has 0 saturated carbocycles. The van der Waals surface area contributed by atoms with Gasteiger partial charge >= 0.3 is 0 Å². The monoisotopic (exact) mass is 579 g/mol. The Hall–Kier alpha value is -3.53. The number of likely N-dealkylation sites (N-methyl/N-ethyl adjacent to an activating group) is 1. The quantitative estimate of drug-likeness (QED) is 0.185. The Morgan fingerprint density at radius 3 is 2.58 bits per heavy atom. The third kappa shape index (κ3) is 7.00. The number of nitrogens with zero attached hydrogens (tertiary/aromatic N) is 3. The second-order valence-electron chi connectivity index (χ2n) is 12.4. The van der Waals surface area contributed by atoms with Gasteiger partial charge in [0.05, 0.1) is 23.8 Å². The Bertz CT molecular complexity index is 1470. The van der Waals surface area contributed by atoms with Gasteiger partial charge in [-0.3, -0.25) is 9.98 Å². The number of benzene rings is 1. The normalized spacial score (nSPS) is 22.8. The smallest absolute Gasteiger partial charge is 0.0867 e. The van der Waals surface area contributed by atoms with Gasteiger partial charge in [0.25, 0.3) is 0 Å². The molecule has 4 rings (SSSR count). The van der Waals surface area contributed by atoms with Crippen molar-refractivity contribution < 1.29 is 4.39 Å². The SMILES string of the molecule is C=C/C(=C\C=C\F)CCC(=NC1=C(C)C2CC(C)(CC)C=C2N(CC)C1CC)c1cnc(-c2cccc(CC)c2)c(C)c1. The first-order chi connectivity index (χ1) is 20.7. The molecular weight excluding hydrogens is 529 g/mol. The summed E-state index contributed by atoms with van der Waals surface area (Å²) < 4.78 is 12.8. The molecule has 2 aromatic rings. The van der Waals surface area contributed by atoms with Crippen molar-refractivity contribution in [1.29, 1.82) is 0 Å². The molecule has 0 spiro atoms. The van der Waals surface area contributed by atoms with Crippen LogP contribution in [-0.2, 0) is 6.42 Å². The van der Waals surface area contributed by atoms with Crippen molar-refractivity contribution in [3.05, 3.63) is 113 Å². The minimum absolute atomic E-state index is 0.217. The van der Waals surface area contributed by atoms with Crippen molar-refractivity contribution in [3.8, 4) is 11.3 Å². The topological polar surface area (TPSA) is 28.5 Å². The van der Waals surface area contributed by atoms with E-state index in [0.717, 1.165) is 72.3 Å². The van der Waals surface area contributed by atoms with Crippen LogP contribution in [0.2, 0.25) is 0 Å². The Kier molecular flexibility index (Phi) is 10.8. The van der Waals surface area contributed by atoms with Gasteiger partial charge in [-0.15, -0.1) is 0 Å². The maximum Gasteiger partial charge on any atom is 0.0867 e. The first-order valence-electron chi connectivity index (χ1n) is 16.1. The number of hydrogen-bond acceptors (Lipinski definition) is 3. The van der Waals surface area contributed by atoms with E-state index in [1.54, 1.807) is 6.08 Å². The second kappa shape index (κ2) is 14.3. The fourth-order valence-electron chi connectivity index (χ4n) is 6.80. The minimum Gasteiger partial charge on any atom is -0.366 e. The number of aromatic nitrogens is 1. The second-order valence-corrected chi connectivity index (χ2v) is 12.4. The van der Waals surface area contributed by atoms with Crippen LogP contribution in [0.3, 0.4) is 0 Å². The van der Waals surface area contributed by atoms with E-state index in [0.29, 0.717) is 18.7 Å². The van der Waals surface area contributed by atoms with Gasteiger partial charge in [-0.1, -0.05) is 70.7 Å². The molecule has 2 aliphatic rings. The Balaban J connectivity index is 1.83. The van der Waals surface area contributed by atoms with E-state index < -0.39 is 0 Å². The van der Waals surface area contributed by atoms with E-state index in [1.807, 2.05) is 12.3 Å². The summed E-state index contributed by atoms with van der Waals surface area (Å²) in [5.74, 6) is 0.402. The lowest BCUT2D eigenvalue weighted by Gasteiger charge is -2.42. The van der Waals surface area contributed by atoms with Gasteiger partial charge in [0.1, 0.15) is 0 Å². The fraction of sp³-hybridized carbons (Fsp3) is 0.436. The fourth-order valence-corrected chi connectivity index (χ4v) is 6.80. The molecule has 43 heavy (non-hydrogen) atoms. The van der Waals surface area contributed by atoms with E-state index in [4.69, 9.17) is 9.98 Å². The molecule has 1 aromatic heterocycles. The zero-order valence-corrected chi connectivity index (χ0v) is 27.4. The molecule has 0 bridgehead atoms. The van der Waals surface area contributed by atoms with Crippen LogP contribution in [-0.4, -0.2) is 28.2 Å². The first kappa shape index (κ1) is 32.4. The standard InChI is InChI=1S/C39H50FN3/c1-9-29(17-15-21-40)19-20-34(32-22-27(6)37(41-26-32)31-18-14-16-30(10-2)23-31)42-38-28(7)33-24-39(8,12-4)25-36(33)43(13-5)35(38)11-3/h9,14-18,21-23,25-26,33,35H,1,10-13,19-20,24H2,2-8H3/b21-15+,29-17+,42-34?. The van der Waals surface area contributed by atoms with Crippen LogP contribution in [0.1, 0.15) is 90.3 Å². The van der Waals surface area contributed by atoms with Crippen LogP contribution in [0, 0.1) is 18.3 Å². The maximum atomic E-state index is 12.8. The number of allylic oxidation sites excluding steroid dienone is 6. The van der Waals surface area contributed by atoms with Crippen LogP contribution >= 0.6 is 0 Å². The molecule has 1 aliphatic carbocycles. The van der Waals surface area contributed by atoms with Gasteiger partial charge in [-0.05, 0) is 105 Å². The van der Waals surface area contributed by atoms with E-state index in [-0.39, 0.29) is 11.5 Å². The van der Waals surface area contributed by atoms with E-state index in [9.17, 15) is 4.39 Å². The summed E-state index contributed by atoms with van der Waals surface area (Å²) in [6.45, 7) is 20.8. The van der Waals surface area contributed by atoms with Gasteiger partial charge in [0.15, 0.2) is 0 Å². The van der Waals surface area contributed by atoms with Crippen molar-refractivity contribution in [2.45, 2.75) is 93.0 Å². The summed E-state index contributed by atoms with van der Waals surface area (Å²) in [4.78, 5) is 13.2. The molecule has 0 fully saturated rings. The van der Waals surface area contributed by atoms with Gasteiger partial charge < -0.3 is 4.90 Å². The minimum atomic E-state index is 0.217. The molecule has 0 N–H and O–H groups in total. The number of pyridine rings is 1. The summed E-state index contributed by atoms with van der Waals surface area (Å²) in [6.07, 6.45) is 15.8. The summed E-state index contributed by atoms with van der Waals surface area (Å²) in [5, 5.41) is 0. The van der Waals surface area contributed by atoms with Crippen molar-refractivity contribution >= 4 is 5.71 Å². The third-order valence-electron chi connectivity index (χ3n) is 9.58. The number of halogens is 1. The van der Waals surface area contributed by atoms with Crippen molar-refractivity contribution in [1.82, 2.24) is 9.88 Å². The van der Waals surface area contributed by atoms with E-state index in [1.165, 1.54) is 28.6 Å². The summed E-state index contributed by atoms with van der Waals surface area (Å²) >= 11 is 0. The maximum absolute atomic E-state index is 12.8. The molecule has 0 saturated heterocycles.